The normalized spacial score (nSPS) is 13.5. The lowest BCUT2D eigenvalue weighted by Crippen LogP contribution is -2.57. The first-order valence-electron chi connectivity index (χ1n) is 31.9. The summed E-state index contributed by atoms with van der Waals surface area (Å²) >= 11 is 0. The van der Waals surface area contributed by atoms with Gasteiger partial charge < -0.3 is 106 Å². The van der Waals surface area contributed by atoms with Gasteiger partial charge in [0.05, 0.1) is 87.2 Å². The van der Waals surface area contributed by atoms with Gasteiger partial charge in [-0.25, -0.2) is 14.4 Å². The summed E-state index contributed by atoms with van der Waals surface area (Å²) in [6.07, 6.45) is -1.15. The summed E-state index contributed by atoms with van der Waals surface area (Å²) in [5.74, 6) is -14.1. The van der Waals surface area contributed by atoms with Gasteiger partial charge in [-0.1, -0.05) is 73.8 Å². The topological polar surface area (TPSA) is 529 Å². The number of hydrogen-bond donors (Lipinski definition) is 11. The molecular weight excluding hydrogens is 1380 g/mol. The Morgan fingerprint density at radius 3 is 1.14 bits per heavy atom. The zero-order valence-electron chi connectivity index (χ0n) is 59.0. The number of benzene rings is 2. The first kappa shape index (κ1) is 88.7. The summed E-state index contributed by atoms with van der Waals surface area (Å²) < 4.78 is 48.4. The average Bonchev–Trinajstić information content (AvgIpc) is 1.62. The maximum Gasteiger partial charge on any atom is 0.407 e. The van der Waals surface area contributed by atoms with Gasteiger partial charge in [-0.15, -0.1) is 0 Å². The molecule has 9 unspecified atom stereocenters. The van der Waals surface area contributed by atoms with Crippen LogP contribution in [0.25, 0.3) is 11.1 Å². The molecule has 0 saturated carbocycles. The van der Waals surface area contributed by atoms with E-state index in [0.717, 1.165) is 50.7 Å². The highest BCUT2D eigenvalue weighted by molar-refractivity contribution is 5.99. The Labute approximate surface area is 598 Å². The minimum atomic E-state index is -1.66. The molecule has 572 valence electrons. The maximum absolute atomic E-state index is 13.4. The second kappa shape index (κ2) is 47.7. The molecule has 10 amide bonds. The second-order valence-electron chi connectivity index (χ2n) is 22.3. The molecule has 0 fully saturated rings. The molecule has 38 heteroatoms. The molecule has 0 radical (unpaired) electrons. The van der Waals surface area contributed by atoms with Gasteiger partial charge in [0.2, 0.25) is 53.2 Å². The summed E-state index contributed by atoms with van der Waals surface area (Å²) in [5.41, 5.74) is 9.33. The van der Waals surface area contributed by atoms with Gasteiger partial charge in [0.1, 0.15) is 68.2 Å². The number of esters is 7. The van der Waals surface area contributed by atoms with Gasteiger partial charge in [0.15, 0.2) is 0 Å². The molecule has 1 aliphatic rings. The monoisotopic (exact) mass is 1470 g/mol. The Bertz CT molecular complexity index is 3320. The number of hydrogen-bond acceptors (Lipinski definition) is 28. The molecule has 0 aromatic heterocycles. The van der Waals surface area contributed by atoms with Crippen molar-refractivity contribution in [2.75, 3.05) is 95.9 Å². The number of nitrogens with two attached hydrogens (primary N) is 1. The van der Waals surface area contributed by atoms with Crippen LogP contribution in [0.5, 0.6) is 0 Å². The van der Waals surface area contributed by atoms with Crippen molar-refractivity contribution in [3.05, 3.63) is 85.0 Å². The smallest absolute Gasteiger partial charge is 0.407 e. The standard InChI is InChI=1S/C43H54N6O16.C23H37N5O11/c1-7-18-64-42(58)30(16-17-35(51)61-4)47-41(57)33(23-60-3)46-34(50)21-44-39(55)31(19-36(52)62-5)48-38(54)24(2)45-40(56)32(20-37(53)63-6)49-43(59)65-22-29-27-14-10-8-12-25(27)26-13-9-11-15-28(26)29;1-6-9-39-23(35)14(7-8-18(30)37-4)27-22(34)16(12-36-3)26-17(29)11-25-21(33)15(10-19(31)38-5)28-20(32)13(2)24/h7-15,24,29-33H,1,16-23H2,2-6H3,(H,44,55)(H,45,56)(H,46,50)(H,47,57)(H,48,54)(H,49,59);6,13-16H,1,7-12,24H2,2-5H3,(H,25,33)(H,26,29)(H,27,34)(H,28,32). The molecule has 2 aromatic carbocycles. The van der Waals surface area contributed by atoms with Gasteiger partial charge >= 0.3 is 47.9 Å². The van der Waals surface area contributed by atoms with Gasteiger partial charge in [-0.2, -0.15) is 0 Å². The number of alkyl carbamates (subject to hydrolysis) is 1. The number of fused-ring (bicyclic) bond motifs is 3. The van der Waals surface area contributed by atoms with Crippen LogP contribution in [0.3, 0.4) is 0 Å². The van der Waals surface area contributed by atoms with Crippen molar-refractivity contribution in [1.82, 2.24) is 53.2 Å². The van der Waals surface area contributed by atoms with Gasteiger partial charge in [0, 0.05) is 33.0 Å². The predicted molar refractivity (Wildman–Crippen MR) is 359 cm³/mol. The fourth-order valence-corrected chi connectivity index (χ4v) is 9.16. The number of nitrogens with one attached hydrogen (secondary N) is 10. The molecule has 0 spiro atoms. The van der Waals surface area contributed by atoms with Crippen molar-refractivity contribution in [2.45, 2.75) is 119 Å². The van der Waals surface area contributed by atoms with Crippen LogP contribution >= 0.6 is 0 Å². The lowest BCUT2D eigenvalue weighted by atomic mass is 9.98. The summed E-state index contributed by atoms with van der Waals surface area (Å²) in [6.45, 7) is 6.88. The van der Waals surface area contributed by atoms with E-state index in [4.69, 9.17) is 29.4 Å². The van der Waals surface area contributed by atoms with Gasteiger partial charge in [-0.05, 0) is 48.9 Å². The van der Waals surface area contributed by atoms with Crippen molar-refractivity contribution in [3.63, 3.8) is 0 Å². The largest absolute Gasteiger partial charge is 0.469 e. The van der Waals surface area contributed by atoms with E-state index in [-0.39, 0.29) is 58.0 Å². The minimum absolute atomic E-state index is 0.103. The lowest BCUT2D eigenvalue weighted by Gasteiger charge is -2.23. The van der Waals surface area contributed by atoms with Crippen molar-refractivity contribution in [1.29, 1.82) is 0 Å². The molecule has 38 nitrogen and oxygen atoms in total. The Morgan fingerprint density at radius 2 is 0.779 bits per heavy atom. The molecule has 0 saturated heterocycles. The number of amides is 10. The number of ether oxygens (including phenoxy) is 10. The Hall–Kier alpha value is -11.4. The molecule has 1 aliphatic carbocycles. The van der Waals surface area contributed by atoms with Crippen molar-refractivity contribution in [3.8, 4) is 11.1 Å². The average molecular weight is 1470 g/mol. The number of rotatable bonds is 43. The maximum atomic E-state index is 13.4. The molecule has 104 heavy (non-hydrogen) atoms. The summed E-state index contributed by atoms with van der Waals surface area (Å²) in [7, 11) is 8.00. The lowest BCUT2D eigenvalue weighted by molar-refractivity contribution is -0.149. The van der Waals surface area contributed by atoms with E-state index in [1.807, 2.05) is 48.5 Å². The fourth-order valence-electron chi connectivity index (χ4n) is 9.16. The van der Waals surface area contributed by atoms with E-state index in [1.165, 1.54) is 47.3 Å². The number of carbonyl (C=O) groups excluding carboxylic acids is 17. The summed E-state index contributed by atoms with van der Waals surface area (Å²) in [5, 5.41) is 23.2. The Kier molecular flexibility index (Phi) is 40.6. The number of carbonyl (C=O) groups is 17. The Morgan fingerprint density at radius 1 is 0.423 bits per heavy atom. The molecule has 0 bridgehead atoms. The highest BCUT2D eigenvalue weighted by Crippen LogP contribution is 2.44. The highest BCUT2D eigenvalue weighted by atomic mass is 16.6. The molecule has 2 aromatic rings. The predicted octanol–water partition coefficient (Wildman–Crippen LogP) is -3.78. The number of methoxy groups -OCH3 is 7. The quantitative estimate of drug-likeness (QED) is 0.0172. The van der Waals surface area contributed by atoms with Crippen LogP contribution in [0, 0.1) is 0 Å². The van der Waals surface area contributed by atoms with Crippen LogP contribution in [-0.4, -0.2) is 251 Å². The molecule has 12 N–H and O–H groups in total. The molecular formula is C66H91N11O27. The van der Waals surface area contributed by atoms with Crippen LogP contribution < -0.4 is 58.9 Å². The third kappa shape index (κ3) is 31.6. The molecule has 0 aliphatic heterocycles. The van der Waals surface area contributed by atoms with E-state index in [0.29, 0.717) is 0 Å². The van der Waals surface area contributed by atoms with Crippen LogP contribution in [0.15, 0.2) is 73.8 Å². The summed E-state index contributed by atoms with van der Waals surface area (Å²) in [6, 6.07) is 2.94. The molecule has 0 heterocycles. The van der Waals surface area contributed by atoms with E-state index in [2.05, 4.69) is 90.0 Å². The summed E-state index contributed by atoms with van der Waals surface area (Å²) in [4.78, 5) is 213. The van der Waals surface area contributed by atoms with E-state index in [9.17, 15) is 81.5 Å². The highest BCUT2D eigenvalue weighted by Gasteiger charge is 2.36. The van der Waals surface area contributed by atoms with Crippen LogP contribution in [0.2, 0.25) is 0 Å². The van der Waals surface area contributed by atoms with Crippen molar-refractivity contribution in [2.24, 2.45) is 5.73 Å². The van der Waals surface area contributed by atoms with Gasteiger partial charge in [-0.3, -0.25) is 67.1 Å². The van der Waals surface area contributed by atoms with Crippen molar-refractivity contribution < 1.29 is 129 Å². The van der Waals surface area contributed by atoms with E-state index in [1.54, 1.807) is 0 Å². The van der Waals surface area contributed by atoms with E-state index < -0.39 is 194 Å². The van der Waals surface area contributed by atoms with Crippen LogP contribution in [-0.2, 0) is 124 Å². The SMILES string of the molecule is C=CCOC(=O)C(CCC(=O)OC)NC(=O)C(COC)NC(=O)CNC(=O)C(CC(=O)OC)NC(=O)C(C)N.C=CCOC(=O)C(CCC(=O)OC)NC(=O)C(COC)NC(=O)CNC(=O)C(CC(=O)OC)NC(=O)C(C)NC(=O)C(CC(=O)OC)NC(=O)OCC1c2ccccc2-c2ccccc21. The van der Waals surface area contributed by atoms with E-state index >= 15 is 0 Å². The first-order chi connectivity index (χ1) is 49.4. The Balaban J connectivity index is 0.000000806. The zero-order chi connectivity index (χ0) is 78.0. The van der Waals surface area contributed by atoms with Gasteiger partial charge in [0.25, 0.3) is 0 Å². The zero-order valence-corrected chi connectivity index (χ0v) is 59.0. The minimum Gasteiger partial charge on any atom is -0.469 e. The van der Waals surface area contributed by atoms with Crippen LogP contribution in [0.1, 0.15) is 75.8 Å². The third-order valence-electron chi connectivity index (χ3n) is 14.6. The van der Waals surface area contributed by atoms with Crippen LogP contribution in [0.4, 0.5) is 4.79 Å². The molecule has 9 atom stereocenters. The van der Waals surface area contributed by atoms with Crippen molar-refractivity contribution >= 4 is 101 Å². The fraction of sp³-hybridized carbons (Fsp3) is 0.500. The second-order valence-corrected chi connectivity index (χ2v) is 22.3. The first-order valence-corrected chi connectivity index (χ1v) is 31.9. The third-order valence-corrected chi connectivity index (χ3v) is 14.6. The molecule has 3 rings (SSSR count).